The number of hydrogen-bond donors (Lipinski definition) is 1. The van der Waals surface area contributed by atoms with Crippen molar-refractivity contribution in [1.29, 1.82) is 0 Å². The van der Waals surface area contributed by atoms with Gasteiger partial charge in [0.05, 0.1) is 28.3 Å². The molecule has 0 saturated carbocycles. The molecule has 0 atom stereocenters. The van der Waals surface area contributed by atoms with Crippen LogP contribution < -0.4 is 0 Å². The van der Waals surface area contributed by atoms with Crippen LogP contribution in [0.2, 0.25) is 5.02 Å². The Morgan fingerprint density at radius 1 is 1.47 bits per heavy atom. The average molecular weight is 297 g/mol. The Morgan fingerprint density at radius 3 is 2.95 bits per heavy atom. The number of nitrogens with one attached hydrogen (secondary N) is 1. The maximum absolute atomic E-state index is 13.4. The second kappa shape index (κ2) is 4.47. The summed E-state index contributed by atoms with van der Waals surface area (Å²) in [5.41, 5.74) is 2.41. The van der Waals surface area contributed by atoms with E-state index < -0.39 is 5.82 Å². The van der Waals surface area contributed by atoms with Gasteiger partial charge in [0.1, 0.15) is 5.82 Å². The lowest BCUT2D eigenvalue weighted by molar-refractivity contribution is 0.629. The molecule has 0 radical (unpaired) electrons. The van der Waals surface area contributed by atoms with Crippen molar-refractivity contribution in [3.05, 3.63) is 45.7 Å². The molecule has 0 saturated heterocycles. The van der Waals surface area contributed by atoms with Crippen molar-refractivity contribution in [3.63, 3.8) is 0 Å². The first-order valence-electron chi connectivity index (χ1n) is 5.60. The predicted molar refractivity (Wildman–Crippen MR) is 74.4 cm³/mol. The molecule has 0 aliphatic rings. The van der Waals surface area contributed by atoms with Crippen LogP contribution in [-0.2, 0) is 13.6 Å². The van der Waals surface area contributed by atoms with Gasteiger partial charge in [0.25, 0.3) is 0 Å². The molecular weight excluding hydrogens is 287 g/mol. The molecule has 98 valence electrons. The first kappa shape index (κ1) is 12.4. The first-order chi connectivity index (χ1) is 9.06. The minimum absolute atomic E-state index is 0.0836. The second-order valence-corrected chi connectivity index (χ2v) is 5.04. The summed E-state index contributed by atoms with van der Waals surface area (Å²) in [5, 5.41) is 4.20. The van der Waals surface area contributed by atoms with E-state index in [1.165, 1.54) is 6.07 Å². The van der Waals surface area contributed by atoms with Crippen LogP contribution in [0.1, 0.15) is 5.69 Å². The van der Waals surface area contributed by atoms with Crippen LogP contribution in [0.3, 0.4) is 0 Å². The number of aromatic amines is 1. The summed E-state index contributed by atoms with van der Waals surface area (Å²) in [4.78, 5) is 2.98. The molecule has 1 aromatic carbocycles. The smallest absolute Gasteiger partial charge is 0.178 e. The van der Waals surface area contributed by atoms with Crippen molar-refractivity contribution >= 4 is 34.9 Å². The Hall–Kier alpha value is -1.66. The molecule has 0 amide bonds. The normalized spacial score (nSPS) is 11.3. The number of aryl methyl sites for hydroxylation is 1. The number of halogens is 2. The zero-order chi connectivity index (χ0) is 13.6. The summed E-state index contributed by atoms with van der Waals surface area (Å²) >= 11 is 11.1. The predicted octanol–water partition coefficient (Wildman–Crippen LogP) is 3.27. The maximum Gasteiger partial charge on any atom is 0.178 e. The molecular formula is C12H10ClFN4S. The average Bonchev–Trinajstić information content (AvgIpc) is 2.88. The molecule has 7 heteroatoms. The second-order valence-electron chi connectivity index (χ2n) is 4.25. The molecule has 2 heterocycles. The number of imidazole rings is 1. The molecule has 4 nitrogen and oxygen atoms in total. The van der Waals surface area contributed by atoms with E-state index in [4.69, 9.17) is 23.8 Å². The highest BCUT2D eigenvalue weighted by molar-refractivity contribution is 7.71. The standard InChI is InChI=1S/C12H10ClFN4S/c1-17-7(2-3-15-17)6-18-11-4-8(13)9(14)5-10(11)16-12(18)19/h2-5H,6H2,1H3,(H,16,19). The van der Waals surface area contributed by atoms with Crippen LogP contribution in [-0.4, -0.2) is 19.3 Å². The summed E-state index contributed by atoms with van der Waals surface area (Å²) in [5.74, 6) is -0.460. The third-order valence-corrected chi connectivity index (χ3v) is 3.67. The van der Waals surface area contributed by atoms with Gasteiger partial charge < -0.3 is 9.55 Å². The number of hydrogen-bond acceptors (Lipinski definition) is 2. The summed E-state index contributed by atoms with van der Waals surface area (Å²) in [6.45, 7) is 0.553. The SMILES string of the molecule is Cn1nccc1Cn1c(=S)[nH]c2cc(F)c(Cl)cc21. The van der Waals surface area contributed by atoms with Crippen LogP contribution in [0.5, 0.6) is 0 Å². The molecule has 0 aliphatic heterocycles. The number of benzene rings is 1. The van der Waals surface area contributed by atoms with Gasteiger partial charge in [-0.15, -0.1) is 0 Å². The highest BCUT2D eigenvalue weighted by atomic mass is 35.5. The van der Waals surface area contributed by atoms with Gasteiger partial charge in [0, 0.05) is 19.3 Å². The van der Waals surface area contributed by atoms with Crippen molar-refractivity contribution in [2.45, 2.75) is 6.54 Å². The number of rotatable bonds is 2. The molecule has 0 fully saturated rings. The fraction of sp³-hybridized carbons (Fsp3) is 0.167. The van der Waals surface area contributed by atoms with Crippen LogP contribution in [0, 0.1) is 10.6 Å². The highest BCUT2D eigenvalue weighted by Gasteiger charge is 2.10. The summed E-state index contributed by atoms with van der Waals surface area (Å²) < 4.78 is 17.6. The third kappa shape index (κ3) is 2.06. The zero-order valence-electron chi connectivity index (χ0n) is 10.0. The van der Waals surface area contributed by atoms with Crippen molar-refractivity contribution in [2.24, 2.45) is 7.05 Å². The van der Waals surface area contributed by atoms with Gasteiger partial charge in [0.2, 0.25) is 0 Å². The van der Waals surface area contributed by atoms with E-state index in [0.717, 1.165) is 11.2 Å². The quantitative estimate of drug-likeness (QED) is 0.737. The molecule has 0 aliphatic carbocycles. The maximum atomic E-state index is 13.4. The van der Waals surface area contributed by atoms with Gasteiger partial charge in [-0.05, 0) is 24.4 Å². The Morgan fingerprint density at radius 2 is 2.26 bits per heavy atom. The third-order valence-electron chi connectivity index (χ3n) is 3.06. The van der Waals surface area contributed by atoms with E-state index in [1.807, 2.05) is 17.7 Å². The Labute approximate surface area is 118 Å². The Kier molecular flexibility index (Phi) is 2.91. The van der Waals surface area contributed by atoms with Crippen molar-refractivity contribution in [3.8, 4) is 0 Å². The minimum Gasteiger partial charge on any atom is -0.330 e. The molecule has 0 unspecified atom stereocenters. The molecule has 19 heavy (non-hydrogen) atoms. The Balaban J connectivity index is 2.18. The van der Waals surface area contributed by atoms with E-state index in [1.54, 1.807) is 16.9 Å². The minimum atomic E-state index is -0.460. The molecule has 0 spiro atoms. The van der Waals surface area contributed by atoms with Crippen LogP contribution in [0.25, 0.3) is 11.0 Å². The van der Waals surface area contributed by atoms with Gasteiger partial charge in [-0.1, -0.05) is 11.6 Å². The van der Waals surface area contributed by atoms with E-state index in [9.17, 15) is 4.39 Å². The van der Waals surface area contributed by atoms with Crippen molar-refractivity contribution < 1.29 is 4.39 Å². The molecule has 1 N–H and O–H groups in total. The summed E-state index contributed by atoms with van der Waals surface area (Å²) in [6.07, 6.45) is 1.72. The molecule has 0 bridgehead atoms. The molecule has 2 aromatic heterocycles. The Bertz CT molecular complexity index is 817. The van der Waals surface area contributed by atoms with Crippen LogP contribution >= 0.6 is 23.8 Å². The van der Waals surface area contributed by atoms with E-state index in [0.29, 0.717) is 16.8 Å². The van der Waals surface area contributed by atoms with Gasteiger partial charge in [-0.3, -0.25) is 4.68 Å². The van der Waals surface area contributed by atoms with Crippen molar-refractivity contribution in [1.82, 2.24) is 19.3 Å². The fourth-order valence-electron chi connectivity index (χ4n) is 2.03. The zero-order valence-corrected chi connectivity index (χ0v) is 11.6. The topological polar surface area (TPSA) is 38.5 Å². The summed E-state index contributed by atoms with van der Waals surface area (Å²) in [6, 6.07) is 4.84. The lowest BCUT2D eigenvalue weighted by Crippen LogP contribution is -2.05. The van der Waals surface area contributed by atoms with Gasteiger partial charge in [-0.2, -0.15) is 5.10 Å². The fourth-order valence-corrected chi connectivity index (χ4v) is 2.46. The first-order valence-corrected chi connectivity index (χ1v) is 6.39. The molecule has 3 rings (SSSR count). The van der Waals surface area contributed by atoms with Gasteiger partial charge >= 0.3 is 0 Å². The van der Waals surface area contributed by atoms with E-state index in [-0.39, 0.29) is 5.02 Å². The highest BCUT2D eigenvalue weighted by Crippen LogP contribution is 2.23. The van der Waals surface area contributed by atoms with Gasteiger partial charge in [-0.25, -0.2) is 4.39 Å². The van der Waals surface area contributed by atoms with Crippen LogP contribution in [0.4, 0.5) is 4.39 Å². The van der Waals surface area contributed by atoms with E-state index >= 15 is 0 Å². The number of aromatic nitrogens is 4. The van der Waals surface area contributed by atoms with Gasteiger partial charge in [0.15, 0.2) is 4.77 Å². The monoisotopic (exact) mass is 296 g/mol. The number of fused-ring (bicyclic) bond motifs is 1. The van der Waals surface area contributed by atoms with E-state index in [2.05, 4.69) is 10.1 Å². The number of nitrogens with zero attached hydrogens (tertiary/aromatic N) is 3. The summed E-state index contributed by atoms with van der Waals surface area (Å²) in [7, 11) is 1.86. The van der Waals surface area contributed by atoms with Crippen molar-refractivity contribution in [2.75, 3.05) is 0 Å². The molecule has 3 aromatic rings. The lowest BCUT2D eigenvalue weighted by atomic mass is 10.3. The largest absolute Gasteiger partial charge is 0.330 e. The lowest BCUT2D eigenvalue weighted by Gasteiger charge is -2.05. The number of H-pyrrole nitrogens is 1. The van der Waals surface area contributed by atoms with Crippen LogP contribution in [0.15, 0.2) is 24.4 Å².